The average Bonchev–Trinajstić information content (AvgIpc) is 2.44. The molecule has 0 saturated carbocycles. The normalized spacial score (nSPS) is 13.0. The minimum atomic E-state index is -1.07. The smallest absolute Gasteiger partial charge is 0.326 e. The average molecular weight is 306 g/mol. The van der Waals surface area contributed by atoms with Gasteiger partial charge in [-0.25, -0.2) is 4.79 Å². The maximum absolute atomic E-state index is 12.0. The third-order valence-corrected chi connectivity index (χ3v) is 3.29. The predicted molar refractivity (Wildman–Crippen MR) is 82.2 cm³/mol. The second-order valence-electron chi connectivity index (χ2n) is 5.23. The molecule has 1 aromatic carbocycles. The lowest BCUT2D eigenvalue weighted by Gasteiger charge is -2.20. The Balaban J connectivity index is 2.80. The van der Waals surface area contributed by atoms with Crippen LogP contribution in [0.3, 0.4) is 0 Å². The molecule has 22 heavy (non-hydrogen) atoms. The van der Waals surface area contributed by atoms with E-state index in [1.165, 1.54) is 6.92 Å². The molecule has 0 aromatic heterocycles. The van der Waals surface area contributed by atoms with E-state index in [1.807, 2.05) is 31.2 Å². The molecule has 6 nitrogen and oxygen atoms in total. The van der Waals surface area contributed by atoms with Crippen LogP contribution in [0.15, 0.2) is 24.3 Å². The molecule has 0 heterocycles. The first-order chi connectivity index (χ1) is 10.3. The summed E-state index contributed by atoms with van der Waals surface area (Å²) >= 11 is 0. The van der Waals surface area contributed by atoms with Crippen LogP contribution in [0.5, 0.6) is 0 Å². The van der Waals surface area contributed by atoms with Gasteiger partial charge in [-0.3, -0.25) is 9.59 Å². The summed E-state index contributed by atoms with van der Waals surface area (Å²) in [4.78, 5) is 34.3. The Bertz CT molecular complexity index is 540. The van der Waals surface area contributed by atoms with Gasteiger partial charge in [-0.1, -0.05) is 36.8 Å². The van der Waals surface area contributed by atoms with Gasteiger partial charge in [0.25, 0.3) is 0 Å². The highest BCUT2D eigenvalue weighted by Crippen LogP contribution is 2.17. The Labute approximate surface area is 129 Å². The summed E-state index contributed by atoms with van der Waals surface area (Å²) in [6, 6.07) is 6.09. The first-order valence-corrected chi connectivity index (χ1v) is 7.19. The number of rotatable bonds is 7. The van der Waals surface area contributed by atoms with Crippen LogP contribution in [-0.2, 0) is 14.4 Å². The number of carboxylic acid groups (broad SMARTS) is 1. The highest BCUT2D eigenvalue weighted by Gasteiger charge is 2.21. The standard InChI is InChI=1S/C16H22N2O4/c1-4-13(16(21)22)18-15(20)9-14(17-11(3)19)12-7-5-10(2)6-8-12/h5-8,13-14H,4,9H2,1-3H3,(H,17,19)(H,18,20)(H,21,22). The van der Waals surface area contributed by atoms with Crippen LogP contribution in [0.25, 0.3) is 0 Å². The van der Waals surface area contributed by atoms with Crippen molar-refractivity contribution in [2.24, 2.45) is 0 Å². The molecule has 0 spiro atoms. The van der Waals surface area contributed by atoms with Gasteiger partial charge in [0.2, 0.25) is 11.8 Å². The fourth-order valence-corrected chi connectivity index (χ4v) is 2.07. The van der Waals surface area contributed by atoms with Gasteiger partial charge in [-0.05, 0) is 18.9 Å². The number of aliphatic carboxylic acids is 1. The van der Waals surface area contributed by atoms with E-state index in [4.69, 9.17) is 5.11 Å². The first-order valence-electron chi connectivity index (χ1n) is 7.19. The van der Waals surface area contributed by atoms with Gasteiger partial charge in [0, 0.05) is 6.92 Å². The van der Waals surface area contributed by atoms with Crippen molar-refractivity contribution in [1.29, 1.82) is 0 Å². The highest BCUT2D eigenvalue weighted by atomic mass is 16.4. The summed E-state index contributed by atoms with van der Waals surface area (Å²) in [5.74, 6) is -1.72. The van der Waals surface area contributed by atoms with Crippen LogP contribution in [0.1, 0.15) is 43.9 Å². The fraction of sp³-hybridized carbons (Fsp3) is 0.438. The van der Waals surface area contributed by atoms with E-state index in [9.17, 15) is 14.4 Å². The Kier molecular flexibility index (Phi) is 6.56. The van der Waals surface area contributed by atoms with E-state index in [1.54, 1.807) is 6.92 Å². The van der Waals surface area contributed by atoms with Crippen molar-refractivity contribution in [3.8, 4) is 0 Å². The highest BCUT2D eigenvalue weighted by molar-refractivity contribution is 5.84. The maximum atomic E-state index is 12.0. The monoisotopic (exact) mass is 306 g/mol. The number of carboxylic acids is 1. The molecule has 0 radical (unpaired) electrons. The van der Waals surface area contributed by atoms with E-state index < -0.39 is 24.0 Å². The molecule has 3 N–H and O–H groups in total. The van der Waals surface area contributed by atoms with Crippen molar-refractivity contribution in [3.63, 3.8) is 0 Å². The number of nitrogens with one attached hydrogen (secondary N) is 2. The van der Waals surface area contributed by atoms with Gasteiger partial charge in [0.15, 0.2) is 0 Å². The maximum Gasteiger partial charge on any atom is 0.326 e. The summed E-state index contributed by atoms with van der Waals surface area (Å²) in [6.45, 7) is 5.01. The molecule has 0 aliphatic rings. The molecule has 0 aliphatic heterocycles. The minimum Gasteiger partial charge on any atom is -0.480 e. The van der Waals surface area contributed by atoms with Crippen LogP contribution >= 0.6 is 0 Å². The number of carbonyl (C=O) groups excluding carboxylic acids is 2. The predicted octanol–water partition coefficient (Wildman–Crippen LogP) is 1.54. The third kappa shape index (κ3) is 5.55. The lowest BCUT2D eigenvalue weighted by molar-refractivity contribution is -0.142. The minimum absolute atomic E-state index is 0.00752. The molecular formula is C16H22N2O4. The summed E-state index contributed by atoms with van der Waals surface area (Å²) in [5.41, 5.74) is 1.88. The van der Waals surface area contributed by atoms with Crippen LogP contribution < -0.4 is 10.6 Å². The van der Waals surface area contributed by atoms with Crippen molar-refractivity contribution in [2.75, 3.05) is 0 Å². The van der Waals surface area contributed by atoms with Crippen molar-refractivity contribution < 1.29 is 19.5 Å². The number of benzene rings is 1. The van der Waals surface area contributed by atoms with Crippen molar-refractivity contribution in [3.05, 3.63) is 35.4 Å². The van der Waals surface area contributed by atoms with Crippen LogP contribution in [0.2, 0.25) is 0 Å². The molecule has 0 bridgehead atoms. The van der Waals surface area contributed by atoms with Gasteiger partial charge < -0.3 is 15.7 Å². The van der Waals surface area contributed by atoms with Gasteiger partial charge in [0.05, 0.1) is 12.5 Å². The van der Waals surface area contributed by atoms with E-state index in [-0.39, 0.29) is 12.3 Å². The van der Waals surface area contributed by atoms with E-state index in [0.29, 0.717) is 6.42 Å². The number of amides is 2. The number of aryl methyl sites for hydroxylation is 1. The Morgan fingerprint density at radius 2 is 1.73 bits per heavy atom. The SMILES string of the molecule is CCC(NC(=O)CC(NC(C)=O)c1ccc(C)cc1)C(=O)O. The fourth-order valence-electron chi connectivity index (χ4n) is 2.07. The summed E-state index contributed by atoms with van der Waals surface area (Å²) in [5, 5.41) is 14.1. The van der Waals surface area contributed by atoms with Crippen molar-refractivity contribution in [1.82, 2.24) is 10.6 Å². The van der Waals surface area contributed by atoms with E-state index in [0.717, 1.165) is 11.1 Å². The van der Waals surface area contributed by atoms with Gasteiger partial charge in [0.1, 0.15) is 6.04 Å². The van der Waals surface area contributed by atoms with E-state index in [2.05, 4.69) is 10.6 Å². The van der Waals surface area contributed by atoms with Gasteiger partial charge >= 0.3 is 5.97 Å². The van der Waals surface area contributed by atoms with Crippen LogP contribution in [0.4, 0.5) is 0 Å². The number of carbonyl (C=O) groups is 3. The van der Waals surface area contributed by atoms with Crippen LogP contribution in [0, 0.1) is 6.92 Å². The summed E-state index contributed by atoms with van der Waals surface area (Å²) in [7, 11) is 0. The molecule has 2 amide bonds. The molecule has 0 fully saturated rings. The Morgan fingerprint density at radius 1 is 1.14 bits per heavy atom. The first kappa shape index (κ1) is 17.7. The van der Waals surface area contributed by atoms with Crippen molar-refractivity contribution >= 4 is 17.8 Å². The molecule has 6 heteroatoms. The molecule has 1 rings (SSSR count). The lowest BCUT2D eigenvalue weighted by Crippen LogP contribution is -2.42. The third-order valence-electron chi connectivity index (χ3n) is 3.29. The summed E-state index contributed by atoms with van der Waals surface area (Å²) in [6.07, 6.45) is 0.294. The zero-order chi connectivity index (χ0) is 16.7. The molecule has 120 valence electrons. The largest absolute Gasteiger partial charge is 0.480 e. The summed E-state index contributed by atoms with van der Waals surface area (Å²) < 4.78 is 0. The van der Waals surface area contributed by atoms with Crippen LogP contribution in [-0.4, -0.2) is 28.9 Å². The molecule has 1 aromatic rings. The van der Waals surface area contributed by atoms with Gasteiger partial charge in [-0.15, -0.1) is 0 Å². The molecule has 2 atom stereocenters. The second kappa shape index (κ2) is 8.17. The Hall–Kier alpha value is -2.37. The number of hydrogen-bond donors (Lipinski definition) is 3. The topological polar surface area (TPSA) is 95.5 Å². The zero-order valence-corrected chi connectivity index (χ0v) is 13.1. The zero-order valence-electron chi connectivity index (χ0n) is 13.1. The second-order valence-corrected chi connectivity index (χ2v) is 5.23. The molecule has 2 unspecified atom stereocenters. The Morgan fingerprint density at radius 3 is 2.18 bits per heavy atom. The molecular weight excluding hydrogens is 284 g/mol. The molecule has 0 saturated heterocycles. The number of hydrogen-bond acceptors (Lipinski definition) is 3. The molecule has 0 aliphatic carbocycles. The van der Waals surface area contributed by atoms with E-state index >= 15 is 0 Å². The lowest BCUT2D eigenvalue weighted by atomic mass is 10.0. The van der Waals surface area contributed by atoms with Gasteiger partial charge in [-0.2, -0.15) is 0 Å². The quantitative estimate of drug-likeness (QED) is 0.712. The van der Waals surface area contributed by atoms with Crippen molar-refractivity contribution in [2.45, 2.75) is 45.7 Å².